The SMILES string of the molecule is Cc1cccc(OCCc2nc(C)c(CN)s2)c1C. The zero-order chi connectivity index (χ0) is 13.8. The molecule has 1 heterocycles. The van der Waals surface area contributed by atoms with Gasteiger partial charge in [-0.1, -0.05) is 12.1 Å². The van der Waals surface area contributed by atoms with E-state index >= 15 is 0 Å². The van der Waals surface area contributed by atoms with Crippen LogP contribution < -0.4 is 10.5 Å². The molecule has 0 aliphatic heterocycles. The summed E-state index contributed by atoms with van der Waals surface area (Å²) in [5.74, 6) is 0.965. The van der Waals surface area contributed by atoms with Gasteiger partial charge in [-0.25, -0.2) is 4.98 Å². The number of aromatic nitrogens is 1. The van der Waals surface area contributed by atoms with Gasteiger partial charge in [0, 0.05) is 17.8 Å². The first-order valence-corrected chi connectivity index (χ1v) is 7.27. The minimum atomic E-state index is 0.571. The Bertz CT molecular complexity index is 563. The molecule has 0 atom stereocenters. The van der Waals surface area contributed by atoms with E-state index in [1.165, 1.54) is 16.0 Å². The summed E-state index contributed by atoms with van der Waals surface area (Å²) in [4.78, 5) is 5.68. The van der Waals surface area contributed by atoms with Crippen LogP contribution in [-0.4, -0.2) is 11.6 Å². The van der Waals surface area contributed by atoms with Crippen molar-refractivity contribution in [3.8, 4) is 5.75 Å². The molecule has 2 rings (SSSR count). The van der Waals surface area contributed by atoms with Crippen LogP contribution in [0.25, 0.3) is 0 Å². The average Bonchev–Trinajstić information content (AvgIpc) is 2.75. The number of thiazole rings is 1. The van der Waals surface area contributed by atoms with Crippen LogP contribution in [0.3, 0.4) is 0 Å². The van der Waals surface area contributed by atoms with Crippen molar-refractivity contribution in [1.82, 2.24) is 4.98 Å². The number of aryl methyl sites for hydroxylation is 2. The largest absolute Gasteiger partial charge is 0.493 e. The fraction of sp³-hybridized carbons (Fsp3) is 0.400. The molecule has 2 aromatic rings. The minimum absolute atomic E-state index is 0.571. The molecule has 102 valence electrons. The lowest BCUT2D eigenvalue weighted by molar-refractivity contribution is 0.319. The number of hydrogen-bond acceptors (Lipinski definition) is 4. The van der Waals surface area contributed by atoms with Crippen LogP contribution in [0.1, 0.15) is 26.7 Å². The van der Waals surface area contributed by atoms with Crippen LogP contribution in [0.4, 0.5) is 0 Å². The molecule has 0 aliphatic rings. The van der Waals surface area contributed by atoms with E-state index in [1.807, 2.05) is 19.1 Å². The number of ether oxygens (including phenoxy) is 1. The van der Waals surface area contributed by atoms with Gasteiger partial charge in [0.05, 0.1) is 17.3 Å². The lowest BCUT2D eigenvalue weighted by Gasteiger charge is -2.09. The Morgan fingerprint density at radius 1 is 1.26 bits per heavy atom. The smallest absolute Gasteiger partial charge is 0.122 e. The number of hydrogen-bond donors (Lipinski definition) is 1. The van der Waals surface area contributed by atoms with Crippen LogP contribution >= 0.6 is 11.3 Å². The third-order valence-corrected chi connectivity index (χ3v) is 4.49. The van der Waals surface area contributed by atoms with Crippen LogP contribution in [0.2, 0.25) is 0 Å². The predicted molar refractivity (Wildman–Crippen MR) is 79.9 cm³/mol. The average molecular weight is 276 g/mol. The van der Waals surface area contributed by atoms with Gasteiger partial charge in [-0.3, -0.25) is 0 Å². The summed E-state index contributed by atoms with van der Waals surface area (Å²) in [6, 6.07) is 6.14. The van der Waals surface area contributed by atoms with E-state index in [2.05, 4.69) is 24.9 Å². The van der Waals surface area contributed by atoms with Crippen LogP contribution in [0.15, 0.2) is 18.2 Å². The van der Waals surface area contributed by atoms with Gasteiger partial charge in [0.25, 0.3) is 0 Å². The molecule has 0 aliphatic carbocycles. The van der Waals surface area contributed by atoms with Gasteiger partial charge in [-0.05, 0) is 38.0 Å². The van der Waals surface area contributed by atoms with Crippen LogP contribution in [0.5, 0.6) is 5.75 Å². The van der Waals surface area contributed by atoms with Crippen LogP contribution in [-0.2, 0) is 13.0 Å². The normalized spacial score (nSPS) is 10.7. The molecular formula is C15H20N2OS. The summed E-state index contributed by atoms with van der Waals surface area (Å²) in [7, 11) is 0. The topological polar surface area (TPSA) is 48.1 Å². The highest BCUT2D eigenvalue weighted by Crippen LogP contribution is 2.22. The fourth-order valence-corrected chi connectivity index (χ4v) is 2.84. The first kappa shape index (κ1) is 14.0. The van der Waals surface area contributed by atoms with E-state index in [9.17, 15) is 0 Å². The summed E-state index contributed by atoms with van der Waals surface area (Å²) in [5, 5.41) is 1.10. The second kappa shape index (κ2) is 6.17. The Labute approximate surface area is 118 Å². The Kier molecular flexibility index (Phi) is 4.56. The van der Waals surface area contributed by atoms with Gasteiger partial charge in [0.15, 0.2) is 0 Å². The van der Waals surface area contributed by atoms with E-state index in [1.54, 1.807) is 11.3 Å². The molecule has 4 heteroatoms. The number of benzene rings is 1. The standard InChI is InChI=1S/C15H20N2OS/c1-10-5-4-6-13(11(10)2)18-8-7-15-17-12(3)14(9-16)19-15/h4-6H,7-9,16H2,1-3H3. The number of nitrogens with zero attached hydrogens (tertiary/aromatic N) is 1. The van der Waals surface area contributed by atoms with Gasteiger partial charge in [0.1, 0.15) is 5.75 Å². The van der Waals surface area contributed by atoms with Crippen molar-refractivity contribution in [2.45, 2.75) is 33.7 Å². The molecule has 1 aromatic heterocycles. The summed E-state index contributed by atoms with van der Waals surface area (Å²) < 4.78 is 5.84. The van der Waals surface area contributed by atoms with Gasteiger partial charge >= 0.3 is 0 Å². The first-order chi connectivity index (χ1) is 9.11. The molecule has 0 fully saturated rings. The van der Waals surface area contributed by atoms with Crippen LogP contribution in [0, 0.1) is 20.8 Å². The van der Waals surface area contributed by atoms with Gasteiger partial charge in [-0.15, -0.1) is 11.3 Å². The second-order valence-electron chi connectivity index (χ2n) is 4.62. The highest BCUT2D eigenvalue weighted by molar-refractivity contribution is 7.11. The maximum absolute atomic E-state index is 5.84. The predicted octanol–water partition coefficient (Wildman–Crippen LogP) is 3.15. The molecule has 0 spiro atoms. The summed E-state index contributed by atoms with van der Waals surface area (Å²) in [6.45, 7) is 7.42. The zero-order valence-corrected chi connectivity index (χ0v) is 12.5. The Balaban J connectivity index is 1.94. The Morgan fingerprint density at radius 3 is 2.74 bits per heavy atom. The molecule has 0 saturated heterocycles. The van der Waals surface area contributed by atoms with Crippen molar-refractivity contribution >= 4 is 11.3 Å². The molecule has 0 bridgehead atoms. The van der Waals surface area contributed by atoms with Gasteiger partial charge in [0.2, 0.25) is 0 Å². The van der Waals surface area contributed by atoms with E-state index in [0.717, 1.165) is 22.9 Å². The third-order valence-electron chi connectivity index (χ3n) is 3.25. The zero-order valence-electron chi connectivity index (χ0n) is 11.7. The second-order valence-corrected chi connectivity index (χ2v) is 5.78. The van der Waals surface area contributed by atoms with E-state index < -0.39 is 0 Å². The van der Waals surface area contributed by atoms with Crippen molar-refractivity contribution in [3.05, 3.63) is 44.9 Å². The molecule has 0 unspecified atom stereocenters. The van der Waals surface area contributed by atoms with Crippen molar-refractivity contribution < 1.29 is 4.74 Å². The maximum atomic E-state index is 5.84. The molecule has 19 heavy (non-hydrogen) atoms. The van der Waals surface area contributed by atoms with Gasteiger partial charge in [-0.2, -0.15) is 0 Å². The maximum Gasteiger partial charge on any atom is 0.122 e. The molecule has 2 N–H and O–H groups in total. The highest BCUT2D eigenvalue weighted by atomic mass is 32.1. The molecule has 1 aromatic carbocycles. The van der Waals surface area contributed by atoms with Crippen molar-refractivity contribution in [1.29, 1.82) is 0 Å². The monoisotopic (exact) mass is 276 g/mol. The van der Waals surface area contributed by atoms with Crippen molar-refractivity contribution in [2.75, 3.05) is 6.61 Å². The van der Waals surface area contributed by atoms with E-state index in [4.69, 9.17) is 10.5 Å². The van der Waals surface area contributed by atoms with Crippen molar-refractivity contribution in [2.24, 2.45) is 5.73 Å². The Morgan fingerprint density at radius 2 is 2.05 bits per heavy atom. The summed E-state index contributed by atoms with van der Waals surface area (Å²) in [5.41, 5.74) is 9.18. The molecule has 0 radical (unpaired) electrons. The molecule has 0 amide bonds. The summed E-state index contributed by atoms with van der Waals surface area (Å²) in [6.07, 6.45) is 0.832. The highest BCUT2D eigenvalue weighted by Gasteiger charge is 2.07. The number of nitrogens with two attached hydrogens (primary N) is 1. The third kappa shape index (κ3) is 3.33. The number of rotatable bonds is 5. The first-order valence-electron chi connectivity index (χ1n) is 6.46. The Hall–Kier alpha value is -1.39. The van der Waals surface area contributed by atoms with Crippen molar-refractivity contribution in [3.63, 3.8) is 0 Å². The lowest BCUT2D eigenvalue weighted by atomic mass is 10.1. The van der Waals surface area contributed by atoms with Gasteiger partial charge < -0.3 is 10.5 Å². The molecule has 0 saturated carbocycles. The quantitative estimate of drug-likeness (QED) is 0.912. The summed E-state index contributed by atoms with van der Waals surface area (Å²) >= 11 is 1.69. The minimum Gasteiger partial charge on any atom is -0.493 e. The van der Waals surface area contributed by atoms with E-state index in [-0.39, 0.29) is 0 Å². The fourth-order valence-electron chi connectivity index (χ4n) is 1.91. The molecular weight excluding hydrogens is 256 g/mol. The van der Waals surface area contributed by atoms with E-state index in [0.29, 0.717) is 13.2 Å². The molecule has 3 nitrogen and oxygen atoms in total. The lowest BCUT2D eigenvalue weighted by Crippen LogP contribution is -2.02.